The van der Waals surface area contributed by atoms with Gasteiger partial charge < -0.3 is 20.2 Å². The molecule has 6 aliphatic rings. The average molecular weight is 501 g/mol. The van der Waals surface area contributed by atoms with Crippen molar-refractivity contribution in [3.8, 4) is 0 Å². The van der Waals surface area contributed by atoms with Crippen molar-refractivity contribution in [1.29, 1.82) is 0 Å². The first-order valence-corrected chi connectivity index (χ1v) is 14.0. The lowest BCUT2D eigenvalue weighted by Gasteiger charge is -2.58. The largest absolute Gasteiger partial charge is 0.390 e. The fourth-order valence-corrected chi connectivity index (χ4v) is 8.14. The molecule has 8 rings (SSSR count). The number of para-hydroxylation sites is 2. The summed E-state index contributed by atoms with van der Waals surface area (Å²) >= 11 is 0. The van der Waals surface area contributed by atoms with E-state index in [4.69, 9.17) is 0 Å². The van der Waals surface area contributed by atoms with Crippen molar-refractivity contribution < 1.29 is 14.7 Å². The summed E-state index contributed by atoms with van der Waals surface area (Å²) in [5.41, 5.74) is 3.75. The van der Waals surface area contributed by atoms with E-state index in [1.165, 1.54) is 0 Å². The Kier molecular flexibility index (Phi) is 5.47. The van der Waals surface area contributed by atoms with E-state index < -0.39 is 5.60 Å². The molecule has 2 aromatic carbocycles. The van der Waals surface area contributed by atoms with Gasteiger partial charge in [0.05, 0.1) is 17.0 Å². The van der Waals surface area contributed by atoms with Gasteiger partial charge in [-0.25, -0.2) is 4.79 Å². The number of urea groups is 1. The Morgan fingerprint density at radius 1 is 0.838 bits per heavy atom. The lowest BCUT2D eigenvalue weighted by molar-refractivity contribution is -0.136. The molecule has 2 atom stereocenters. The summed E-state index contributed by atoms with van der Waals surface area (Å²) in [5, 5.41) is 14.3. The number of benzene rings is 2. The van der Waals surface area contributed by atoms with E-state index in [9.17, 15) is 14.7 Å². The quantitative estimate of drug-likeness (QED) is 0.651. The molecule has 2 N–H and O–H groups in total. The number of ketones is 1. The average Bonchev–Trinajstić information content (AvgIpc) is 2.90. The number of anilines is 4. The monoisotopic (exact) mass is 500 g/mol. The molecule has 2 aliphatic heterocycles. The maximum absolute atomic E-state index is 13.6. The molecular weight excluding hydrogens is 464 g/mol. The van der Waals surface area contributed by atoms with E-state index in [0.29, 0.717) is 42.9 Å². The molecule has 194 valence electrons. The molecule has 37 heavy (non-hydrogen) atoms. The molecule has 2 heterocycles. The van der Waals surface area contributed by atoms with Gasteiger partial charge in [0.1, 0.15) is 5.78 Å². The van der Waals surface area contributed by atoms with Gasteiger partial charge in [-0.2, -0.15) is 0 Å². The second-order valence-electron chi connectivity index (χ2n) is 12.0. The van der Waals surface area contributed by atoms with Crippen molar-refractivity contribution in [2.24, 2.45) is 17.8 Å². The van der Waals surface area contributed by atoms with Crippen LogP contribution in [0.2, 0.25) is 0 Å². The maximum atomic E-state index is 13.6. The molecule has 4 saturated carbocycles. The third-order valence-electron chi connectivity index (χ3n) is 9.63. The number of carbonyl (C=O) groups excluding carboxylic acids is 2. The van der Waals surface area contributed by atoms with Crippen LogP contribution in [-0.4, -0.2) is 54.7 Å². The lowest BCUT2D eigenvalue weighted by Crippen LogP contribution is -2.63. The first kappa shape index (κ1) is 23.1. The number of amides is 2. The summed E-state index contributed by atoms with van der Waals surface area (Å²) in [6.07, 6.45) is 6.15. The Morgan fingerprint density at radius 2 is 1.49 bits per heavy atom. The van der Waals surface area contributed by atoms with Gasteiger partial charge >= 0.3 is 6.03 Å². The lowest BCUT2D eigenvalue weighted by atomic mass is 9.52. The second-order valence-corrected chi connectivity index (χ2v) is 12.0. The van der Waals surface area contributed by atoms with Crippen molar-refractivity contribution >= 4 is 34.6 Å². The molecule has 1 saturated heterocycles. The van der Waals surface area contributed by atoms with Crippen LogP contribution in [0.5, 0.6) is 0 Å². The fraction of sp³-hybridized carbons (Fsp3) is 0.533. The number of rotatable bonds is 3. The first-order valence-electron chi connectivity index (χ1n) is 14.0. The van der Waals surface area contributed by atoms with Gasteiger partial charge in [0, 0.05) is 56.4 Å². The van der Waals surface area contributed by atoms with Crippen molar-refractivity contribution in [2.75, 3.05) is 40.9 Å². The van der Waals surface area contributed by atoms with E-state index in [-0.39, 0.29) is 12.1 Å². The second kappa shape index (κ2) is 8.76. The van der Waals surface area contributed by atoms with E-state index in [1.807, 2.05) is 23.1 Å². The van der Waals surface area contributed by atoms with Crippen LogP contribution in [0.15, 0.2) is 48.5 Å². The van der Waals surface area contributed by atoms with E-state index in [0.717, 1.165) is 74.5 Å². The zero-order chi connectivity index (χ0) is 25.1. The highest BCUT2D eigenvalue weighted by Crippen LogP contribution is 2.55. The van der Waals surface area contributed by atoms with Crippen molar-refractivity contribution in [1.82, 2.24) is 5.32 Å². The van der Waals surface area contributed by atoms with Crippen LogP contribution < -0.4 is 20.0 Å². The minimum Gasteiger partial charge on any atom is -0.390 e. The molecule has 0 radical (unpaired) electrons. The predicted molar refractivity (Wildman–Crippen MR) is 145 cm³/mol. The Labute approximate surface area is 218 Å². The summed E-state index contributed by atoms with van der Waals surface area (Å²) in [6, 6.07) is 16.9. The van der Waals surface area contributed by atoms with Crippen LogP contribution in [0.4, 0.5) is 27.5 Å². The molecule has 2 unspecified atom stereocenters. The molecule has 4 aliphatic carbocycles. The van der Waals surface area contributed by atoms with Crippen molar-refractivity contribution in [3.05, 3.63) is 48.5 Å². The standard InChI is InChI=1S/C30H36N4O3/c35-25-9-11-32(12-10-25)23-5-7-24(8-6-23)33-13-14-34(27-4-2-1-3-26(27)33)29(36)31-28-21-15-20-16-22(28)19-30(37,17-20)18-21/h1-8,20-22,28,37H,9-19H2,(H,31,36). The zero-order valence-electron chi connectivity index (χ0n) is 21.3. The fourth-order valence-electron chi connectivity index (χ4n) is 8.14. The van der Waals surface area contributed by atoms with Crippen LogP contribution in [0.3, 0.4) is 0 Å². The number of nitrogens with zero attached hydrogens (tertiary/aromatic N) is 3. The third kappa shape index (κ3) is 4.08. The molecule has 5 fully saturated rings. The number of carbonyl (C=O) groups is 2. The number of nitrogens with one attached hydrogen (secondary N) is 1. The smallest absolute Gasteiger partial charge is 0.322 e. The first-order chi connectivity index (χ1) is 18.0. The molecule has 7 heteroatoms. The Balaban J connectivity index is 1.08. The zero-order valence-corrected chi connectivity index (χ0v) is 21.3. The van der Waals surface area contributed by atoms with Gasteiger partial charge in [-0.1, -0.05) is 12.1 Å². The van der Waals surface area contributed by atoms with E-state index >= 15 is 0 Å². The Bertz CT molecular complexity index is 1190. The number of Topliss-reactive ketones (excluding diaryl/α,β-unsaturated/α-hetero) is 1. The van der Waals surface area contributed by atoms with Gasteiger partial charge in [-0.15, -0.1) is 0 Å². The maximum Gasteiger partial charge on any atom is 0.322 e. The molecule has 7 nitrogen and oxygen atoms in total. The van der Waals surface area contributed by atoms with Crippen LogP contribution in [-0.2, 0) is 4.79 Å². The summed E-state index contributed by atoms with van der Waals surface area (Å²) in [7, 11) is 0. The molecular formula is C30H36N4O3. The highest BCUT2D eigenvalue weighted by Gasteiger charge is 2.55. The SMILES string of the molecule is O=C1CCN(c2ccc(N3CCN(C(=O)NC4C5CC6CC4CC(O)(C6)C5)c4ccccc43)cc2)CC1. The Morgan fingerprint density at radius 3 is 2.16 bits per heavy atom. The van der Waals surface area contributed by atoms with Crippen LogP contribution in [0, 0.1) is 17.8 Å². The number of piperidine rings is 1. The highest BCUT2D eigenvalue weighted by molar-refractivity contribution is 5.98. The summed E-state index contributed by atoms with van der Waals surface area (Å²) in [6.45, 7) is 2.92. The number of hydrogen-bond acceptors (Lipinski definition) is 5. The minimum atomic E-state index is -0.489. The molecule has 2 amide bonds. The Hall–Kier alpha value is -3.06. The topological polar surface area (TPSA) is 76.1 Å². The van der Waals surface area contributed by atoms with Gasteiger partial charge in [-0.3, -0.25) is 9.69 Å². The number of hydrogen-bond donors (Lipinski definition) is 2. The van der Waals surface area contributed by atoms with Crippen molar-refractivity contribution in [3.63, 3.8) is 0 Å². The molecule has 2 aromatic rings. The molecule has 4 bridgehead atoms. The van der Waals surface area contributed by atoms with Gasteiger partial charge in [-0.05, 0) is 86.3 Å². The van der Waals surface area contributed by atoms with Gasteiger partial charge in [0.2, 0.25) is 0 Å². The van der Waals surface area contributed by atoms with Crippen molar-refractivity contribution in [2.45, 2.75) is 56.6 Å². The van der Waals surface area contributed by atoms with E-state index in [1.54, 1.807) is 0 Å². The molecule has 0 spiro atoms. The van der Waals surface area contributed by atoms with Gasteiger partial charge in [0.25, 0.3) is 0 Å². The number of fused-ring (bicyclic) bond motifs is 1. The molecule has 0 aromatic heterocycles. The van der Waals surface area contributed by atoms with Gasteiger partial charge in [0.15, 0.2) is 0 Å². The highest BCUT2D eigenvalue weighted by atomic mass is 16.3. The van der Waals surface area contributed by atoms with Crippen LogP contribution in [0.25, 0.3) is 0 Å². The summed E-state index contributed by atoms with van der Waals surface area (Å²) in [5.74, 6) is 1.78. The number of aliphatic hydroxyl groups is 1. The summed E-state index contributed by atoms with van der Waals surface area (Å²) in [4.78, 5) is 31.7. The summed E-state index contributed by atoms with van der Waals surface area (Å²) < 4.78 is 0. The third-order valence-corrected chi connectivity index (χ3v) is 9.63. The van der Waals surface area contributed by atoms with Crippen LogP contribution in [0.1, 0.15) is 44.9 Å². The van der Waals surface area contributed by atoms with Crippen LogP contribution >= 0.6 is 0 Å². The predicted octanol–water partition coefficient (Wildman–Crippen LogP) is 4.46. The van der Waals surface area contributed by atoms with E-state index in [2.05, 4.69) is 45.4 Å². The minimum absolute atomic E-state index is 0.00782. The normalized spacial score (nSPS) is 32.5.